The van der Waals surface area contributed by atoms with Crippen LogP contribution in [0, 0.1) is 11.8 Å². The van der Waals surface area contributed by atoms with Gasteiger partial charge < -0.3 is 5.32 Å². The van der Waals surface area contributed by atoms with Gasteiger partial charge in [0.15, 0.2) is 0 Å². The minimum Gasteiger partial charge on any atom is -0.313 e. The Morgan fingerprint density at radius 2 is 2.17 bits per heavy atom. The van der Waals surface area contributed by atoms with Crippen LogP contribution in [0.5, 0.6) is 0 Å². The van der Waals surface area contributed by atoms with Crippen LogP contribution in [0.15, 0.2) is 12.2 Å². The average Bonchev–Trinajstić information content (AvgIpc) is 2.88. The molecular formula is C11H21N. The molecule has 2 atom stereocenters. The van der Waals surface area contributed by atoms with E-state index in [1.807, 2.05) is 7.05 Å². The summed E-state index contributed by atoms with van der Waals surface area (Å²) in [6.45, 7) is 4.55. The van der Waals surface area contributed by atoms with Crippen molar-refractivity contribution in [3.63, 3.8) is 0 Å². The maximum Gasteiger partial charge on any atom is 0.0272 e. The van der Waals surface area contributed by atoms with E-state index in [0.717, 1.165) is 11.8 Å². The zero-order valence-corrected chi connectivity index (χ0v) is 8.51. The molecule has 1 saturated carbocycles. The molecule has 0 aromatic carbocycles. The number of rotatable bonds is 5. The first kappa shape index (κ1) is 9.79. The third-order valence-corrected chi connectivity index (χ3v) is 2.80. The van der Waals surface area contributed by atoms with Gasteiger partial charge in [0.2, 0.25) is 0 Å². The molecule has 1 aliphatic rings. The number of hydrogen-bond donors (Lipinski definition) is 1. The monoisotopic (exact) mass is 167 g/mol. The predicted molar refractivity (Wildman–Crippen MR) is 54.2 cm³/mol. The number of nitrogens with one attached hydrogen (secondary N) is 1. The van der Waals surface area contributed by atoms with Gasteiger partial charge in [-0.15, -0.1) is 0 Å². The van der Waals surface area contributed by atoms with Crippen LogP contribution in [0.4, 0.5) is 0 Å². The number of likely N-dealkylation sites (N-methyl/N-ethyl adjacent to an activating group) is 1. The first-order valence-electron chi connectivity index (χ1n) is 5.13. The lowest BCUT2D eigenvalue weighted by Gasteiger charge is -2.18. The van der Waals surface area contributed by atoms with Gasteiger partial charge in [0.05, 0.1) is 0 Å². The van der Waals surface area contributed by atoms with Crippen molar-refractivity contribution in [3.8, 4) is 0 Å². The molecule has 0 aromatic rings. The summed E-state index contributed by atoms with van der Waals surface area (Å²) in [6.07, 6.45) is 8.81. The molecule has 1 aliphatic carbocycles. The van der Waals surface area contributed by atoms with E-state index in [4.69, 9.17) is 0 Å². The molecule has 1 fully saturated rings. The predicted octanol–water partition coefficient (Wildman–Crippen LogP) is 2.59. The van der Waals surface area contributed by atoms with Crippen LogP contribution in [0.2, 0.25) is 0 Å². The SMILES string of the molecule is CC[C@H](C)[C@H](/C=C/C1CC1)NC. The zero-order chi connectivity index (χ0) is 8.97. The van der Waals surface area contributed by atoms with Gasteiger partial charge in [0.25, 0.3) is 0 Å². The Hall–Kier alpha value is -0.300. The highest BCUT2D eigenvalue weighted by molar-refractivity contribution is 5.02. The highest BCUT2D eigenvalue weighted by Crippen LogP contribution is 2.30. The normalized spacial score (nSPS) is 22.9. The molecular weight excluding hydrogens is 146 g/mol. The highest BCUT2D eigenvalue weighted by atomic mass is 14.9. The zero-order valence-electron chi connectivity index (χ0n) is 8.51. The summed E-state index contributed by atoms with van der Waals surface area (Å²) in [5.74, 6) is 1.66. The Labute approximate surface area is 76.2 Å². The summed E-state index contributed by atoms with van der Waals surface area (Å²) < 4.78 is 0. The van der Waals surface area contributed by atoms with Crippen LogP contribution in [0.1, 0.15) is 33.1 Å². The van der Waals surface area contributed by atoms with Crippen LogP contribution in [-0.2, 0) is 0 Å². The molecule has 0 radical (unpaired) electrons. The van der Waals surface area contributed by atoms with E-state index in [1.54, 1.807) is 0 Å². The molecule has 12 heavy (non-hydrogen) atoms. The van der Waals surface area contributed by atoms with E-state index in [9.17, 15) is 0 Å². The Bertz CT molecular complexity index is 147. The van der Waals surface area contributed by atoms with E-state index in [-0.39, 0.29) is 0 Å². The van der Waals surface area contributed by atoms with Gasteiger partial charge in [-0.1, -0.05) is 32.4 Å². The third kappa shape index (κ3) is 2.98. The fraction of sp³-hybridized carbons (Fsp3) is 0.818. The second-order valence-electron chi connectivity index (χ2n) is 3.92. The van der Waals surface area contributed by atoms with Crippen LogP contribution in [-0.4, -0.2) is 13.1 Å². The second-order valence-corrected chi connectivity index (χ2v) is 3.92. The lowest BCUT2D eigenvalue weighted by molar-refractivity contribution is 0.448. The maximum absolute atomic E-state index is 3.35. The number of allylic oxidation sites excluding steroid dienone is 1. The molecule has 0 heterocycles. The Balaban J connectivity index is 2.32. The largest absolute Gasteiger partial charge is 0.313 e. The topological polar surface area (TPSA) is 12.0 Å². The standard InChI is InChI=1S/C11H21N/c1-4-9(2)11(12-3)8-7-10-5-6-10/h7-12H,4-6H2,1-3H3/b8-7+/t9-,11-/m0/s1. The Kier molecular flexibility index (Phi) is 3.80. The minimum atomic E-state index is 0.579. The van der Waals surface area contributed by atoms with Crippen molar-refractivity contribution in [1.82, 2.24) is 5.32 Å². The first-order valence-corrected chi connectivity index (χ1v) is 5.13. The van der Waals surface area contributed by atoms with Gasteiger partial charge in [0, 0.05) is 6.04 Å². The van der Waals surface area contributed by atoms with Gasteiger partial charge >= 0.3 is 0 Å². The van der Waals surface area contributed by atoms with Crippen molar-refractivity contribution < 1.29 is 0 Å². The molecule has 0 bridgehead atoms. The molecule has 1 nitrogen and oxygen atoms in total. The van der Waals surface area contributed by atoms with E-state index >= 15 is 0 Å². The Morgan fingerprint density at radius 3 is 2.58 bits per heavy atom. The molecule has 0 aromatic heterocycles. The molecule has 0 unspecified atom stereocenters. The molecule has 70 valence electrons. The lowest BCUT2D eigenvalue weighted by atomic mass is 9.99. The summed E-state index contributed by atoms with van der Waals surface area (Å²) in [5.41, 5.74) is 0. The van der Waals surface area contributed by atoms with Crippen molar-refractivity contribution in [3.05, 3.63) is 12.2 Å². The highest BCUT2D eigenvalue weighted by Gasteiger charge is 2.18. The van der Waals surface area contributed by atoms with Gasteiger partial charge in [-0.3, -0.25) is 0 Å². The van der Waals surface area contributed by atoms with Gasteiger partial charge in [-0.05, 0) is 31.7 Å². The van der Waals surface area contributed by atoms with E-state index < -0.39 is 0 Å². The average molecular weight is 167 g/mol. The summed E-state index contributed by atoms with van der Waals surface area (Å²) in [4.78, 5) is 0. The van der Waals surface area contributed by atoms with Crippen molar-refractivity contribution in [2.75, 3.05) is 7.05 Å². The molecule has 1 rings (SSSR count). The van der Waals surface area contributed by atoms with Gasteiger partial charge in [-0.25, -0.2) is 0 Å². The van der Waals surface area contributed by atoms with E-state index in [1.165, 1.54) is 19.3 Å². The Morgan fingerprint density at radius 1 is 1.50 bits per heavy atom. The van der Waals surface area contributed by atoms with Crippen LogP contribution < -0.4 is 5.32 Å². The summed E-state index contributed by atoms with van der Waals surface area (Å²) in [6, 6.07) is 0.579. The maximum atomic E-state index is 3.35. The fourth-order valence-corrected chi connectivity index (χ4v) is 1.39. The molecule has 1 heteroatoms. The molecule has 0 aliphatic heterocycles. The van der Waals surface area contributed by atoms with E-state index in [2.05, 4.69) is 31.3 Å². The van der Waals surface area contributed by atoms with Crippen molar-refractivity contribution in [2.45, 2.75) is 39.2 Å². The fourth-order valence-electron chi connectivity index (χ4n) is 1.39. The minimum absolute atomic E-state index is 0.579. The van der Waals surface area contributed by atoms with Crippen molar-refractivity contribution in [2.24, 2.45) is 11.8 Å². The van der Waals surface area contributed by atoms with Gasteiger partial charge in [0.1, 0.15) is 0 Å². The first-order chi connectivity index (χ1) is 5.77. The van der Waals surface area contributed by atoms with Crippen LogP contribution in [0.3, 0.4) is 0 Å². The van der Waals surface area contributed by atoms with Gasteiger partial charge in [-0.2, -0.15) is 0 Å². The third-order valence-electron chi connectivity index (χ3n) is 2.80. The summed E-state index contributed by atoms with van der Waals surface area (Å²) >= 11 is 0. The van der Waals surface area contributed by atoms with Crippen molar-refractivity contribution >= 4 is 0 Å². The quantitative estimate of drug-likeness (QED) is 0.621. The molecule has 0 amide bonds. The number of hydrogen-bond acceptors (Lipinski definition) is 1. The van der Waals surface area contributed by atoms with Crippen molar-refractivity contribution in [1.29, 1.82) is 0 Å². The molecule has 0 saturated heterocycles. The second kappa shape index (κ2) is 4.66. The van der Waals surface area contributed by atoms with Crippen LogP contribution in [0.25, 0.3) is 0 Å². The molecule has 0 spiro atoms. The van der Waals surface area contributed by atoms with E-state index in [0.29, 0.717) is 6.04 Å². The smallest absolute Gasteiger partial charge is 0.0272 e. The lowest BCUT2D eigenvalue weighted by Crippen LogP contribution is -2.29. The molecule has 1 N–H and O–H groups in total. The summed E-state index contributed by atoms with van der Waals surface area (Å²) in [5, 5.41) is 3.35. The van der Waals surface area contributed by atoms with Crippen LogP contribution >= 0.6 is 0 Å². The summed E-state index contributed by atoms with van der Waals surface area (Å²) in [7, 11) is 2.05.